The number of amides is 1. The van der Waals surface area contributed by atoms with Gasteiger partial charge in [0.1, 0.15) is 22.8 Å². The summed E-state index contributed by atoms with van der Waals surface area (Å²) in [6, 6.07) is 5.90. The van der Waals surface area contributed by atoms with Gasteiger partial charge in [0.2, 0.25) is 0 Å². The van der Waals surface area contributed by atoms with E-state index in [-0.39, 0.29) is 17.8 Å². The minimum atomic E-state index is -0.406. The summed E-state index contributed by atoms with van der Waals surface area (Å²) >= 11 is 0. The molecule has 0 unspecified atom stereocenters. The summed E-state index contributed by atoms with van der Waals surface area (Å²) in [5.41, 5.74) is 1.16. The minimum Gasteiger partial charge on any atom is -0.466 e. The van der Waals surface area contributed by atoms with Gasteiger partial charge < -0.3 is 14.2 Å². The van der Waals surface area contributed by atoms with E-state index in [1.807, 2.05) is 0 Å². The van der Waals surface area contributed by atoms with Gasteiger partial charge in [0.15, 0.2) is 0 Å². The van der Waals surface area contributed by atoms with Gasteiger partial charge in [-0.15, -0.1) is 0 Å². The van der Waals surface area contributed by atoms with Crippen LogP contribution >= 0.6 is 0 Å². The van der Waals surface area contributed by atoms with Crippen molar-refractivity contribution in [3.63, 3.8) is 0 Å². The zero-order chi connectivity index (χ0) is 18.7. The van der Waals surface area contributed by atoms with E-state index in [4.69, 9.17) is 9.26 Å². The molecule has 6 nitrogen and oxygen atoms in total. The number of carbonyl (C=O) groups excluding carboxylic acids is 2. The standard InChI is InChI=1S/C19H21FN2O4/c1-3-25-19(24)13-7-9-22(10-8-13)18(23)16-12(2)26-21-17(16)14-5-4-6-15(20)11-14/h4-6,11,13H,3,7-10H2,1-2H3. The highest BCUT2D eigenvalue weighted by Gasteiger charge is 2.32. The van der Waals surface area contributed by atoms with Crippen LogP contribution in [0.15, 0.2) is 28.8 Å². The van der Waals surface area contributed by atoms with E-state index in [0.717, 1.165) is 0 Å². The van der Waals surface area contributed by atoms with Crippen LogP contribution < -0.4 is 0 Å². The third kappa shape index (κ3) is 3.61. The second-order valence-corrected chi connectivity index (χ2v) is 6.29. The maximum atomic E-state index is 13.5. The molecule has 2 aromatic rings. The number of halogens is 1. The lowest BCUT2D eigenvalue weighted by molar-refractivity contribution is -0.149. The third-order valence-corrected chi connectivity index (χ3v) is 4.58. The largest absolute Gasteiger partial charge is 0.466 e. The molecular formula is C19H21FN2O4. The Morgan fingerprint density at radius 2 is 2.08 bits per heavy atom. The lowest BCUT2D eigenvalue weighted by atomic mass is 9.96. The molecule has 0 radical (unpaired) electrons. The fourth-order valence-electron chi connectivity index (χ4n) is 3.19. The van der Waals surface area contributed by atoms with Crippen molar-refractivity contribution in [3.05, 3.63) is 41.4 Å². The quantitative estimate of drug-likeness (QED) is 0.783. The molecule has 0 spiro atoms. The molecule has 1 aliphatic rings. The van der Waals surface area contributed by atoms with Crippen LogP contribution in [0.1, 0.15) is 35.9 Å². The van der Waals surface area contributed by atoms with E-state index in [1.54, 1.807) is 30.9 Å². The molecule has 2 heterocycles. The number of esters is 1. The van der Waals surface area contributed by atoms with Crippen molar-refractivity contribution >= 4 is 11.9 Å². The maximum Gasteiger partial charge on any atom is 0.309 e. The summed E-state index contributed by atoms with van der Waals surface area (Å²) < 4.78 is 23.8. The van der Waals surface area contributed by atoms with Gasteiger partial charge in [-0.3, -0.25) is 9.59 Å². The van der Waals surface area contributed by atoms with Crippen molar-refractivity contribution in [2.75, 3.05) is 19.7 Å². The zero-order valence-corrected chi connectivity index (χ0v) is 14.8. The van der Waals surface area contributed by atoms with Crippen molar-refractivity contribution in [2.45, 2.75) is 26.7 Å². The van der Waals surface area contributed by atoms with Gasteiger partial charge in [-0.05, 0) is 38.8 Å². The first kappa shape index (κ1) is 18.1. The van der Waals surface area contributed by atoms with Gasteiger partial charge in [-0.1, -0.05) is 17.3 Å². The molecule has 0 bridgehead atoms. The summed E-state index contributed by atoms with van der Waals surface area (Å²) in [4.78, 5) is 26.5. The molecular weight excluding hydrogens is 339 g/mol. The lowest BCUT2D eigenvalue weighted by Crippen LogP contribution is -2.40. The van der Waals surface area contributed by atoms with Crippen molar-refractivity contribution < 1.29 is 23.2 Å². The molecule has 0 aliphatic carbocycles. The molecule has 0 saturated carbocycles. The summed E-state index contributed by atoms with van der Waals surface area (Å²) in [6.07, 6.45) is 1.12. The zero-order valence-electron chi connectivity index (χ0n) is 14.8. The molecule has 1 aromatic carbocycles. The Bertz CT molecular complexity index is 810. The Kier molecular flexibility index (Phi) is 5.35. The number of hydrogen-bond acceptors (Lipinski definition) is 5. The highest BCUT2D eigenvalue weighted by Crippen LogP contribution is 2.28. The van der Waals surface area contributed by atoms with Crippen LogP contribution in [0.2, 0.25) is 0 Å². The van der Waals surface area contributed by atoms with Crippen LogP contribution in [0.5, 0.6) is 0 Å². The average Bonchev–Trinajstić information content (AvgIpc) is 3.03. The summed E-state index contributed by atoms with van der Waals surface area (Å²) in [6.45, 7) is 4.70. The molecule has 1 fully saturated rings. The molecule has 138 valence electrons. The van der Waals surface area contributed by atoms with Gasteiger partial charge >= 0.3 is 5.97 Å². The number of rotatable bonds is 4. The van der Waals surface area contributed by atoms with Crippen molar-refractivity contribution in [2.24, 2.45) is 5.92 Å². The topological polar surface area (TPSA) is 72.6 Å². The summed E-state index contributed by atoms with van der Waals surface area (Å²) in [5.74, 6) is -0.615. The van der Waals surface area contributed by atoms with E-state index in [0.29, 0.717) is 55.1 Å². The predicted octanol–water partition coefficient (Wildman–Crippen LogP) is 3.20. The van der Waals surface area contributed by atoms with Gasteiger partial charge in [-0.2, -0.15) is 0 Å². The molecule has 26 heavy (non-hydrogen) atoms. The fourth-order valence-corrected chi connectivity index (χ4v) is 3.19. The summed E-state index contributed by atoms with van der Waals surface area (Å²) in [5, 5.41) is 3.95. The number of piperidine rings is 1. The van der Waals surface area contributed by atoms with Crippen LogP contribution in [0.25, 0.3) is 11.3 Å². The van der Waals surface area contributed by atoms with Gasteiger partial charge in [0.25, 0.3) is 5.91 Å². The van der Waals surface area contributed by atoms with E-state index < -0.39 is 5.82 Å². The van der Waals surface area contributed by atoms with Crippen molar-refractivity contribution in [1.29, 1.82) is 0 Å². The van der Waals surface area contributed by atoms with E-state index in [2.05, 4.69) is 5.16 Å². The van der Waals surface area contributed by atoms with Gasteiger partial charge in [0.05, 0.1) is 12.5 Å². The number of ether oxygens (including phenoxy) is 1. The predicted molar refractivity (Wildman–Crippen MR) is 91.9 cm³/mol. The molecule has 1 aliphatic heterocycles. The first-order valence-corrected chi connectivity index (χ1v) is 8.69. The normalized spacial score (nSPS) is 15.1. The lowest BCUT2D eigenvalue weighted by Gasteiger charge is -2.30. The number of benzene rings is 1. The minimum absolute atomic E-state index is 0.176. The second kappa shape index (κ2) is 7.68. The van der Waals surface area contributed by atoms with E-state index in [1.165, 1.54) is 12.1 Å². The maximum absolute atomic E-state index is 13.5. The smallest absolute Gasteiger partial charge is 0.309 e. The van der Waals surface area contributed by atoms with Crippen LogP contribution in [-0.4, -0.2) is 41.6 Å². The Morgan fingerprint density at radius 1 is 1.35 bits per heavy atom. The number of nitrogens with zero attached hydrogens (tertiary/aromatic N) is 2. The monoisotopic (exact) mass is 360 g/mol. The molecule has 7 heteroatoms. The molecule has 0 N–H and O–H groups in total. The van der Waals surface area contributed by atoms with Crippen LogP contribution in [0, 0.1) is 18.7 Å². The fraction of sp³-hybridized carbons (Fsp3) is 0.421. The third-order valence-electron chi connectivity index (χ3n) is 4.58. The van der Waals surface area contributed by atoms with E-state index in [9.17, 15) is 14.0 Å². The molecule has 1 amide bonds. The number of aryl methyl sites for hydroxylation is 1. The Morgan fingerprint density at radius 3 is 2.73 bits per heavy atom. The van der Waals surface area contributed by atoms with Crippen LogP contribution in [-0.2, 0) is 9.53 Å². The van der Waals surface area contributed by atoms with Gasteiger partial charge in [-0.25, -0.2) is 4.39 Å². The Balaban J connectivity index is 1.77. The number of aromatic nitrogens is 1. The molecule has 3 rings (SSSR count). The molecule has 1 aromatic heterocycles. The average molecular weight is 360 g/mol. The number of hydrogen-bond donors (Lipinski definition) is 0. The molecule has 0 atom stereocenters. The van der Waals surface area contributed by atoms with Crippen molar-refractivity contribution in [1.82, 2.24) is 10.1 Å². The van der Waals surface area contributed by atoms with Gasteiger partial charge in [0, 0.05) is 18.7 Å². The number of likely N-dealkylation sites (tertiary alicyclic amines) is 1. The van der Waals surface area contributed by atoms with Crippen molar-refractivity contribution in [3.8, 4) is 11.3 Å². The SMILES string of the molecule is CCOC(=O)C1CCN(C(=O)c2c(-c3cccc(F)c3)noc2C)CC1. The highest BCUT2D eigenvalue weighted by atomic mass is 19.1. The first-order chi connectivity index (χ1) is 12.5. The molecule has 1 saturated heterocycles. The Labute approximate surface area is 150 Å². The summed E-state index contributed by atoms with van der Waals surface area (Å²) in [7, 11) is 0. The Hall–Kier alpha value is -2.70. The second-order valence-electron chi connectivity index (χ2n) is 6.29. The van der Waals surface area contributed by atoms with Crippen LogP contribution in [0.3, 0.4) is 0 Å². The van der Waals surface area contributed by atoms with Crippen LogP contribution in [0.4, 0.5) is 4.39 Å². The highest BCUT2D eigenvalue weighted by molar-refractivity contribution is 6.00. The van der Waals surface area contributed by atoms with E-state index >= 15 is 0 Å². The number of carbonyl (C=O) groups is 2. The first-order valence-electron chi connectivity index (χ1n) is 8.69.